The van der Waals surface area contributed by atoms with E-state index < -0.39 is 11.7 Å². The number of hydrogen-bond acceptors (Lipinski definition) is 2. The monoisotopic (exact) mass is 263 g/mol. The third-order valence-corrected chi connectivity index (χ3v) is 2.26. The van der Waals surface area contributed by atoms with Crippen molar-refractivity contribution in [1.29, 1.82) is 5.26 Å². The summed E-state index contributed by atoms with van der Waals surface area (Å²) in [7, 11) is 0. The third kappa shape index (κ3) is 4.16. The molecule has 2 nitrogen and oxygen atoms in total. The summed E-state index contributed by atoms with van der Waals surface area (Å²) in [6, 6.07) is 4.80. The lowest BCUT2D eigenvalue weighted by Crippen LogP contribution is -2.06. The maximum atomic E-state index is 12.4. The molecule has 0 saturated heterocycles. The number of nitriles is 1. The van der Waals surface area contributed by atoms with E-state index in [0.29, 0.717) is 6.42 Å². The number of rotatable bonds is 4. The Balaban J connectivity index is 2.74. The van der Waals surface area contributed by atoms with Crippen LogP contribution in [0.25, 0.3) is 0 Å². The Labute approximate surface area is 102 Å². The second-order valence-electron chi connectivity index (χ2n) is 3.25. The van der Waals surface area contributed by atoms with Crippen LogP contribution in [0, 0.1) is 11.3 Å². The number of nitrogens with zero attached hydrogens (tertiary/aromatic N) is 1. The molecule has 0 aliphatic rings. The van der Waals surface area contributed by atoms with Gasteiger partial charge >= 0.3 is 6.18 Å². The SMILES string of the molecule is N#CCCCOc1cc(C(F)(F)F)ccc1Cl. The van der Waals surface area contributed by atoms with Gasteiger partial charge in [0, 0.05) is 6.42 Å². The summed E-state index contributed by atoms with van der Waals surface area (Å²) in [5.41, 5.74) is -0.808. The van der Waals surface area contributed by atoms with Gasteiger partial charge in [-0.05, 0) is 24.6 Å². The van der Waals surface area contributed by atoms with Gasteiger partial charge in [0.2, 0.25) is 0 Å². The minimum atomic E-state index is -4.42. The first-order valence-corrected chi connectivity index (χ1v) is 5.19. The van der Waals surface area contributed by atoms with E-state index in [4.69, 9.17) is 21.6 Å². The standard InChI is InChI=1S/C11H9ClF3NO/c12-9-4-3-8(11(13,14)15)7-10(9)17-6-2-1-5-16/h3-4,7H,1-2,6H2. The minimum absolute atomic E-state index is 0.0144. The molecular formula is C11H9ClF3NO. The quantitative estimate of drug-likeness (QED) is 0.768. The van der Waals surface area contributed by atoms with E-state index in [1.54, 1.807) is 0 Å². The number of unbranched alkanes of at least 4 members (excludes halogenated alkanes) is 1. The Morgan fingerprint density at radius 2 is 2.06 bits per heavy atom. The largest absolute Gasteiger partial charge is 0.492 e. The molecule has 17 heavy (non-hydrogen) atoms. The van der Waals surface area contributed by atoms with Gasteiger partial charge in [0.05, 0.1) is 23.3 Å². The molecule has 0 aliphatic heterocycles. The molecule has 0 fully saturated rings. The second kappa shape index (κ2) is 5.78. The van der Waals surface area contributed by atoms with E-state index in [0.717, 1.165) is 18.2 Å². The van der Waals surface area contributed by atoms with E-state index in [1.165, 1.54) is 0 Å². The topological polar surface area (TPSA) is 33.0 Å². The average Bonchev–Trinajstić information content (AvgIpc) is 2.25. The predicted molar refractivity (Wildman–Crippen MR) is 56.8 cm³/mol. The molecule has 6 heteroatoms. The first-order valence-electron chi connectivity index (χ1n) is 4.81. The van der Waals surface area contributed by atoms with Gasteiger partial charge in [-0.2, -0.15) is 18.4 Å². The molecule has 0 N–H and O–H groups in total. The average molecular weight is 264 g/mol. The van der Waals surface area contributed by atoms with Gasteiger partial charge in [-0.25, -0.2) is 0 Å². The molecule has 0 bridgehead atoms. The van der Waals surface area contributed by atoms with Crippen LogP contribution >= 0.6 is 11.6 Å². The van der Waals surface area contributed by atoms with Crippen LogP contribution < -0.4 is 4.74 Å². The smallest absolute Gasteiger partial charge is 0.416 e. The number of halogens is 4. The maximum absolute atomic E-state index is 12.4. The third-order valence-electron chi connectivity index (χ3n) is 1.95. The summed E-state index contributed by atoms with van der Waals surface area (Å²) in [4.78, 5) is 0. The van der Waals surface area contributed by atoms with Crippen molar-refractivity contribution in [2.45, 2.75) is 19.0 Å². The van der Waals surface area contributed by atoms with Gasteiger partial charge in [-0.3, -0.25) is 0 Å². The first-order chi connectivity index (χ1) is 7.95. The fourth-order valence-electron chi connectivity index (χ4n) is 1.12. The normalized spacial score (nSPS) is 11.0. The van der Waals surface area contributed by atoms with Crippen LogP contribution in [0.1, 0.15) is 18.4 Å². The Hall–Kier alpha value is -1.41. The maximum Gasteiger partial charge on any atom is 0.416 e. The Morgan fingerprint density at radius 3 is 2.65 bits per heavy atom. The van der Waals surface area contributed by atoms with Crippen molar-refractivity contribution < 1.29 is 17.9 Å². The van der Waals surface area contributed by atoms with Gasteiger partial charge in [0.15, 0.2) is 0 Å². The van der Waals surface area contributed by atoms with Gasteiger partial charge in [0.1, 0.15) is 5.75 Å². The van der Waals surface area contributed by atoms with E-state index in [-0.39, 0.29) is 23.8 Å². The highest BCUT2D eigenvalue weighted by Crippen LogP contribution is 2.34. The molecule has 0 unspecified atom stereocenters. The molecule has 0 spiro atoms. The van der Waals surface area contributed by atoms with E-state index in [9.17, 15) is 13.2 Å². The molecule has 0 amide bonds. The van der Waals surface area contributed by atoms with Crippen LogP contribution in [0.4, 0.5) is 13.2 Å². The summed E-state index contributed by atoms with van der Waals surface area (Å²) in [5.74, 6) is -0.0144. The van der Waals surface area contributed by atoms with Crippen molar-refractivity contribution in [2.75, 3.05) is 6.61 Å². The predicted octanol–water partition coefficient (Wildman–Crippen LogP) is 4.04. The van der Waals surface area contributed by atoms with E-state index in [1.807, 2.05) is 6.07 Å². The molecule has 92 valence electrons. The highest BCUT2D eigenvalue weighted by Gasteiger charge is 2.31. The molecule has 0 radical (unpaired) electrons. The van der Waals surface area contributed by atoms with Crippen molar-refractivity contribution in [3.8, 4) is 11.8 Å². The van der Waals surface area contributed by atoms with Crippen molar-refractivity contribution in [1.82, 2.24) is 0 Å². The summed E-state index contributed by atoms with van der Waals surface area (Å²) in [6.07, 6.45) is -3.69. The van der Waals surface area contributed by atoms with Gasteiger partial charge in [-0.15, -0.1) is 0 Å². The van der Waals surface area contributed by atoms with Crippen LogP contribution in [-0.4, -0.2) is 6.61 Å². The lowest BCUT2D eigenvalue weighted by molar-refractivity contribution is -0.137. The zero-order chi connectivity index (χ0) is 12.9. The Morgan fingerprint density at radius 1 is 1.35 bits per heavy atom. The van der Waals surface area contributed by atoms with E-state index >= 15 is 0 Å². The molecule has 1 rings (SSSR count). The molecule has 1 aromatic carbocycles. The molecule has 0 aliphatic carbocycles. The molecule has 0 atom stereocenters. The van der Waals surface area contributed by atoms with Crippen molar-refractivity contribution in [3.63, 3.8) is 0 Å². The lowest BCUT2D eigenvalue weighted by Gasteiger charge is -2.11. The van der Waals surface area contributed by atoms with Gasteiger partial charge in [0.25, 0.3) is 0 Å². The zero-order valence-electron chi connectivity index (χ0n) is 8.72. The summed E-state index contributed by atoms with van der Waals surface area (Å²) in [6.45, 7) is 0.161. The molecule has 0 saturated carbocycles. The number of ether oxygens (including phenoxy) is 1. The fraction of sp³-hybridized carbons (Fsp3) is 0.364. The summed E-state index contributed by atoms with van der Waals surface area (Å²) >= 11 is 5.70. The van der Waals surface area contributed by atoms with Crippen LogP contribution in [0.15, 0.2) is 18.2 Å². The Bertz CT molecular complexity index is 426. The van der Waals surface area contributed by atoms with Gasteiger partial charge < -0.3 is 4.74 Å². The van der Waals surface area contributed by atoms with Crippen LogP contribution in [0.3, 0.4) is 0 Å². The van der Waals surface area contributed by atoms with Crippen molar-refractivity contribution in [3.05, 3.63) is 28.8 Å². The van der Waals surface area contributed by atoms with Crippen LogP contribution in [0.2, 0.25) is 5.02 Å². The summed E-state index contributed by atoms with van der Waals surface area (Å²) < 4.78 is 42.3. The molecule has 0 aromatic heterocycles. The fourth-order valence-corrected chi connectivity index (χ4v) is 1.30. The first kappa shape index (κ1) is 13.7. The Kier molecular flexibility index (Phi) is 4.64. The minimum Gasteiger partial charge on any atom is -0.492 e. The number of hydrogen-bond donors (Lipinski definition) is 0. The second-order valence-corrected chi connectivity index (χ2v) is 3.66. The molecule has 0 heterocycles. The van der Waals surface area contributed by atoms with Crippen molar-refractivity contribution >= 4 is 11.6 Å². The van der Waals surface area contributed by atoms with E-state index in [2.05, 4.69) is 0 Å². The van der Waals surface area contributed by atoms with Gasteiger partial charge in [-0.1, -0.05) is 11.6 Å². The highest BCUT2D eigenvalue weighted by molar-refractivity contribution is 6.32. The lowest BCUT2D eigenvalue weighted by atomic mass is 10.2. The van der Waals surface area contributed by atoms with Crippen LogP contribution in [0.5, 0.6) is 5.75 Å². The molecular weight excluding hydrogens is 255 g/mol. The number of benzene rings is 1. The summed E-state index contributed by atoms with van der Waals surface area (Å²) in [5, 5.41) is 8.41. The van der Waals surface area contributed by atoms with Crippen molar-refractivity contribution in [2.24, 2.45) is 0 Å². The zero-order valence-corrected chi connectivity index (χ0v) is 9.48. The number of alkyl halides is 3. The van der Waals surface area contributed by atoms with Crippen LogP contribution in [-0.2, 0) is 6.18 Å². The highest BCUT2D eigenvalue weighted by atomic mass is 35.5. The molecule has 1 aromatic rings.